The van der Waals surface area contributed by atoms with E-state index in [1.54, 1.807) is 23.0 Å². The molecule has 0 spiro atoms. The summed E-state index contributed by atoms with van der Waals surface area (Å²) in [6.07, 6.45) is -4.39. The first-order valence-electron chi connectivity index (χ1n) is 9.84. The smallest absolute Gasteiger partial charge is 0.280 e. The highest BCUT2D eigenvalue weighted by Gasteiger charge is 2.24. The van der Waals surface area contributed by atoms with Crippen LogP contribution < -0.4 is 5.32 Å². The zero-order chi connectivity index (χ0) is 24.6. The summed E-state index contributed by atoms with van der Waals surface area (Å²) in [7, 11) is 0. The van der Waals surface area contributed by atoms with E-state index in [9.17, 15) is 22.4 Å². The number of hydrogen-bond donors (Lipinski definition) is 1. The number of rotatable bonds is 7. The summed E-state index contributed by atoms with van der Waals surface area (Å²) in [4.78, 5) is 16.4. The summed E-state index contributed by atoms with van der Waals surface area (Å²) >= 11 is 9.22. The molecular formula is C21H16BrClF4N6O. The van der Waals surface area contributed by atoms with Crippen molar-refractivity contribution in [2.24, 2.45) is 0 Å². The number of nitrogens with zero attached hydrogens (tertiary/aromatic N) is 5. The number of carbonyl (C=O) groups is 1. The van der Waals surface area contributed by atoms with Crippen molar-refractivity contribution in [1.82, 2.24) is 24.5 Å². The van der Waals surface area contributed by atoms with Crippen LogP contribution in [0.3, 0.4) is 0 Å². The van der Waals surface area contributed by atoms with Crippen molar-refractivity contribution in [2.75, 3.05) is 5.32 Å². The van der Waals surface area contributed by atoms with E-state index < -0.39 is 36.6 Å². The molecule has 0 atom stereocenters. The van der Waals surface area contributed by atoms with Crippen LogP contribution in [0.4, 0.5) is 23.4 Å². The molecular weight excluding hydrogens is 544 g/mol. The van der Waals surface area contributed by atoms with Crippen molar-refractivity contribution in [3.8, 4) is 0 Å². The largest absolute Gasteiger partial charge is 0.307 e. The van der Waals surface area contributed by atoms with E-state index in [0.29, 0.717) is 22.1 Å². The predicted molar refractivity (Wildman–Crippen MR) is 121 cm³/mol. The van der Waals surface area contributed by atoms with Crippen LogP contribution in [-0.4, -0.2) is 30.5 Å². The van der Waals surface area contributed by atoms with Gasteiger partial charge in [-0.3, -0.25) is 9.48 Å². The Bertz CT molecular complexity index is 1360. The van der Waals surface area contributed by atoms with Gasteiger partial charge in [0.25, 0.3) is 12.9 Å². The number of benzene rings is 1. The normalized spacial score (nSPS) is 11.7. The third kappa shape index (κ3) is 5.07. The van der Waals surface area contributed by atoms with E-state index in [4.69, 9.17) is 11.6 Å². The van der Waals surface area contributed by atoms with Crippen molar-refractivity contribution in [3.63, 3.8) is 0 Å². The Morgan fingerprint density at radius 1 is 1.15 bits per heavy atom. The lowest BCUT2D eigenvalue weighted by molar-refractivity contribution is -0.116. The number of halogens is 6. The minimum absolute atomic E-state index is 0.0550. The fraction of sp³-hybridized carbons (Fsp3) is 0.238. The van der Waals surface area contributed by atoms with Crippen molar-refractivity contribution >= 4 is 50.3 Å². The highest BCUT2D eigenvalue weighted by atomic mass is 79.9. The Morgan fingerprint density at radius 3 is 2.50 bits per heavy atom. The van der Waals surface area contributed by atoms with Gasteiger partial charge in [0.1, 0.15) is 12.2 Å². The average molecular weight is 560 g/mol. The molecule has 0 fully saturated rings. The van der Waals surface area contributed by atoms with Gasteiger partial charge in [0.05, 0.1) is 22.1 Å². The van der Waals surface area contributed by atoms with E-state index in [0.717, 1.165) is 10.2 Å². The van der Waals surface area contributed by atoms with Gasteiger partial charge in [0.2, 0.25) is 5.91 Å². The Labute approximate surface area is 203 Å². The molecule has 0 aliphatic rings. The Kier molecular flexibility index (Phi) is 6.89. The summed E-state index contributed by atoms with van der Waals surface area (Å²) in [6, 6.07) is 7.86. The molecule has 4 aromatic rings. The molecule has 1 N–H and O–H groups in total. The molecule has 0 saturated heterocycles. The molecule has 0 saturated carbocycles. The summed E-state index contributed by atoms with van der Waals surface area (Å²) in [5.41, 5.74) is -0.541. The molecule has 0 unspecified atom stereocenters. The Morgan fingerprint density at radius 2 is 1.85 bits per heavy atom. The van der Waals surface area contributed by atoms with Gasteiger partial charge in [0.15, 0.2) is 11.5 Å². The SMILES string of the molecule is Cc1nn(CC(=O)Nc2nn(Cc3ccc(Cl)cc3)cc2Br)c2nc(C(F)F)cc(C(F)F)c12. The number of aryl methyl sites for hydroxylation is 1. The van der Waals surface area contributed by atoms with Gasteiger partial charge in [0, 0.05) is 16.8 Å². The van der Waals surface area contributed by atoms with Crippen LogP contribution in [0.25, 0.3) is 11.0 Å². The zero-order valence-electron chi connectivity index (χ0n) is 17.4. The highest BCUT2D eigenvalue weighted by Crippen LogP contribution is 2.32. The van der Waals surface area contributed by atoms with Gasteiger partial charge in [-0.05, 0) is 46.6 Å². The first-order chi connectivity index (χ1) is 16.1. The molecule has 3 aromatic heterocycles. The van der Waals surface area contributed by atoms with Crippen LogP contribution in [0.15, 0.2) is 41.0 Å². The van der Waals surface area contributed by atoms with Crippen LogP contribution >= 0.6 is 27.5 Å². The van der Waals surface area contributed by atoms with Gasteiger partial charge in [-0.1, -0.05) is 23.7 Å². The van der Waals surface area contributed by atoms with Crippen LogP contribution in [0.5, 0.6) is 0 Å². The van der Waals surface area contributed by atoms with E-state index in [-0.39, 0.29) is 22.5 Å². The number of amides is 1. The minimum Gasteiger partial charge on any atom is -0.307 e. The Hall–Kier alpha value is -2.99. The second-order valence-corrected chi connectivity index (χ2v) is 8.67. The fourth-order valence-corrected chi connectivity index (χ4v) is 3.99. The third-order valence-corrected chi connectivity index (χ3v) is 5.74. The maximum atomic E-state index is 13.5. The standard InChI is InChI=1S/C21H16BrClF4N6O/c1-10-17-13(18(24)25)6-15(19(26)27)28-21(17)33(30-10)9-16(34)29-20-14(22)8-32(31-20)7-11-2-4-12(23)5-3-11/h2-6,8,18-19H,7,9H2,1H3,(H,29,31,34). The molecule has 0 radical (unpaired) electrons. The number of hydrogen-bond acceptors (Lipinski definition) is 4. The molecule has 34 heavy (non-hydrogen) atoms. The predicted octanol–water partition coefficient (Wildman–Crippen LogP) is 5.91. The van der Waals surface area contributed by atoms with Crippen molar-refractivity contribution in [2.45, 2.75) is 32.9 Å². The molecule has 178 valence electrons. The van der Waals surface area contributed by atoms with Gasteiger partial charge in [-0.15, -0.1) is 0 Å². The maximum Gasteiger partial charge on any atom is 0.280 e. The lowest BCUT2D eigenvalue weighted by Crippen LogP contribution is -2.20. The van der Waals surface area contributed by atoms with Crippen molar-refractivity contribution in [1.29, 1.82) is 0 Å². The van der Waals surface area contributed by atoms with Crippen LogP contribution in [-0.2, 0) is 17.9 Å². The molecule has 1 amide bonds. The minimum atomic E-state index is -3.06. The first kappa shape index (κ1) is 24.1. The quantitative estimate of drug-likeness (QED) is 0.286. The number of aromatic nitrogens is 5. The second kappa shape index (κ2) is 9.71. The number of fused-ring (bicyclic) bond motifs is 1. The number of pyridine rings is 1. The maximum absolute atomic E-state index is 13.5. The van der Waals surface area contributed by atoms with E-state index in [1.165, 1.54) is 6.92 Å². The van der Waals surface area contributed by atoms with Gasteiger partial charge < -0.3 is 5.32 Å². The second-order valence-electron chi connectivity index (χ2n) is 7.38. The number of alkyl halides is 4. The summed E-state index contributed by atoms with van der Waals surface area (Å²) in [5.74, 6) is -0.369. The van der Waals surface area contributed by atoms with Crippen LogP contribution in [0.2, 0.25) is 5.02 Å². The van der Waals surface area contributed by atoms with E-state index in [1.807, 2.05) is 12.1 Å². The lowest BCUT2D eigenvalue weighted by Gasteiger charge is -2.08. The van der Waals surface area contributed by atoms with E-state index >= 15 is 0 Å². The van der Waals surface area contributed by atoms with Gasteiger partial charge in [-0.25, -0.2) is 27.2 Å². The number of carbonyl (C=O) groups excluding carboxylic acids is 1. The first-order valence-corrected chi connectivity index (χ1v) is 11.0. The molecule has 3 heterocycles. The molecule has 1 aromatic carbocycles. The summed E-state index contributed by atoms with van der Waals surface area (Å²) in [6.45, 7) is 1.43. The molecule has 0 bridgehead atoms. The van der Waals surface area contributed by atoms with Crippen LogP contribution in [0, 0.1) is 6.92 Å². The molecule has 0 aliphatic heterocycles. The lowest BCUT2D eigenvalue weighted by atomic mass is 10.1. The topological polar surface area (TPSA) is 77.6 Å². The number of nitrogens with one attached hydrogen (secondary N) is 1. The van der Waals surface area contributed by atoms with Crippen LogP contribution in [0.1, 0.15) is 35.4 Å². The average Bonchev–Trinajstić information content (AvgIpc) is 3.27. The van der Waals surface area contributed by atoms with E-state index in [2.05, 4.69) is 36.4 Å². The van der Waals surface area contributed by atoms with Crippen molar-refractivity contribution in [3.05, 3.63) is 68.5 Å². The third-order valence-electron chi connectivity index (χ3n) is 4.91. The summed E-state index contributed by atoms with van der Waals surface area (Å²) in [5, 5.41) is 11.5. The fourth-order valence-electron chi connectivity index (χ4n) is 3.45. The monoisotopic (exact) mass is 558 g/mol. The molecule has 4 rings (SSSR count). The molecule has 0 aliphatic carbocycles. The van der Waals surface area contributed by atoms with Gasteiger partial charge in [-0.2, -0.15) is 10.2 Å². The zero-order valence-corrected chi connectivity index (χ0v) is 19.8. The molecule has 13 heteroatoms. The highest BCUT2D eigenvalue weighted by molar-refractivity contribution is 9.10. The molecule has 7 nitrogen and oxygen atoms in total. The Balaban J connectivity index is 1.56. The number of anilines is 1. The van der Waals surface area contributed by atoms with Gasteiger partial charge >= 0.3 is 0 Å². The summed E-state index contributed by atoms with van der Waals surface area (Å²) < 4.78 is 56.5. The van der Waals surface area contributed by atoms with Crippen molar-refractivity contribution < 1.29 is 22.4 Å².